The summed E-state index contributed by atoms with van der Waals surface area (Å²) in [6.07, 6.45) is 1.28. The first-order valence-corrected chi connectivity index (χ1v) is 8.31. The van der Waals surface area contributed by atoms with Crippen LogP contribution in [0.5, 0.6) is 0 Å². The Balaban J connectivity index is 0.00000208. The maximum absolute atomic E-state index is 12.7. The summed E-state index contributed by atoms with van der Waals surface area (Å²) in [7, 11) is 0. The van der Waals surface area contributed by atoms with E-state index in [0.717, 1.165) is 18.5 Å². The second-order valence-corrected chi connectivity index (χ2v) is 7.19. The smallest absolute Gasteiger partial charge is 0.228 e. The lowest BCUT2D eigenvalue weighted by Crippen LogP contribution is -2.38. The Morgan fingerprint density at radius 3 is 2.67 bits per heavy atom. The van der Waals surface area contributed by atoms with Crippen molar-refractivity contribution in [2.45, 2.75) is 26.3 Å². The van der Waals surface area contributed by atoms with Gasteiger partial charge in [0.25, 0.3) is 0 Å². The van der Waals surface area contributed by atoms with Gasteiger partial charge < -0.3 is 15.5 Å². The second kappa shape index (κ2) is 7.53. The minimum atomic E-state index is -0.202. The number of nitrogens with zero attached hydrogens (tertiary/aromatic N) is 2. The van der Waals surface area contributed by atoms with Crippen molar-refractivity contribution in [1.29, 1.82) is 0 Å². The Labute approximate surface area is 149 Å². The molecule has 2 amide bonds. The lowest BCUT2D eigenvalue weighted by atomic mass is 9.90. The lowest BCUT2D eigenvalue weighted by molar-refractivity contribution is -0.135. The number of hydrogen-bond donors (Lipinski definition) is 1. The number of hydrogen-bond acceptors (Lipinski definition) is 3. The van der Waals surface area contributed by atoms with Crippen molar-refractivity contribution in [3.8, 4) is 0 Å². The highest BCUT2D eigenvalue weighted by molar-refractivity contribution is 5.89. The lowest BCUT2D eigenvalue weighted by Gasteiger charge is -2.24. The molecule has 1 aromatic rings. The van der Waals surface area contributed by atoms with Gasteiger partial charge in [0.05, 0.1) is 5.92 Å². The van der Waals surface area contributed by atoms with Crippen LogP contribution in [0.2, 0.25) is 0 Å². The number of rotatable bonds is 4. The first-order valence-electron chi connectivity index (χ1n) is 8.31. The van der Waals surface area contributed by atoms with E-state index in [0.29, 0.717) is 32.6 Å². The first-order chi connectivity index (χ1) is 11.0. The molecule has 132 valence electrons. The Morgan fingerprint density at radius 2 is 2.04 bits per heavy atom. The highest BCUT2D eigenvalue weighted by Crippen LogP contribution is 2.31. The summed E-state index contributed by atoms with van der Waals surface area (Å²) < 4.78 is 0. The molecule has 0 spiro atoms. The van der Waals surface area contributed by atoms with Crippen LogP contribution < -0.4 is 5.73 Å². The topological polar surface area (TPSA) is 66.6 Å². The van der Waals surface area contributed by atoms with Crippen LogP contribution in [0.15, 0.2) is 30.3 Å². The minimum absolute atomic E-state index is 0. The van der Waals surface area contributed by atoms with Crippen molar-refractivity contribution in [2.75, 3.05) is 26.2 Å². The molecule has 5 nitrogen and oxygen atoms in total. The zero-order chi connectivity index (χ0) is 16.4. The highest BCUT2D eigenvalue weighted by Gasteiger charge is 2.41. The van der Waals surface area contributed by atoms with Gasteiger partial charge >= 0.3 is 0 Å². The zero-order valence-electron chi connectivity index (χ0n) is 14.1. The molecule has 0 aliphatic carbocycles. The molecule has 6 heteroatoms. The van der Waals surface area contributed by atoms with Gasteiger partial charge in [0, 0.05) is 32.6 Å². The number of likely N-dealkylation sites (tertiary alicyclic amines) is 2. The number of benzene rings is 1. The maximum atomic E-state index is 12.7. The van der Waals surface area contributed by atoms with Gasteiger partial charge in [-0.15, -0.1) is 12.4 Å². The summed E-state index contributed by atoms with van der Waals surface area (Å²) >= 11 is 0. The van der Waals surface area contributed by atoms with Crippen LogP contribution in [0.25, 0.3) is 0 Å². The molecule has 2 aliphatic rings. The van der Waals surface area contributed by atoms with Crippen LogP contribution in [0.4, 0.5) is 0 Å². The molecule has 2 unspecified atom stereocenters. The predicted molar refractivity (Wildman–Crippen MR) is 95.6 cm³/mol. The number of halogens is 1. The van der Waals surface area contributed by atoms with Gasteiger partial charge in [-0.3, -0.25) is 9.59 Å². The van der Waals surface area contributed by atoms with Crippen molar-refractivity contribution in [1.82, 2.24) is 9.80 Å². The summed E-state index contributed by atoms with van der Waals surface area (Å²) in [6, 6.07) is 9.92. The molecule has 2 fully saturated rings. The van der Waals surface area contributed by atoms with Gasteiger partial charge in [-0.05, 0) is 23.9 Å². The summed E-state index contributed by atoms with van der Waals surface area (Å²) in [4.78, 5) is 28.6. The number of carbonyl (C=O) groups is 2. The summed E-state index contributed by atoms with van der Waals surface area (Å²) in [5, 5.41) is 0. The van der Waals surface area contributed by atoms with Gasteiger partial charge in [0.15, 0.2) is 0 Å². The molecule has 2 aliphatic heterocycles. The minimum Gasteiger partial charge on any atom is -0.342 e. The van der Waals surface area contributed by atoms with Crippen LogP contribution in [0, 0.1) is 11.3 Å². The molecule has 3 rings (SSSR count). The summed E-state index contributed by atoms with van der Waals surface area (Å²) in [5.41, 5.74) is 6.95. The Morgan fingerprint density at radius 1 is 1.33 bits per heavy atom. The molecular weight excluding hydrogens is 326 g/mol. The van der Waals surface area contributed by atoms with Crippen molar-refractivity contribution in [2.24, 2.45) is 17.1 Å². The second-order valence-electron chi connectivity index (χ2n) is 7.19. The van der Waals surface area contributed by atoms with E-state index in [1.807, 2.05) is 35.2 Å². The fourth-order valence-electron chi connectivity index (χ4n) is 3.53. The Kier molecular flexibility index (Phi) is 5.88. The van der Waals surface area contributed by atoms with E-state index in [9.17, 15) is 9.59 Å². The maximum Gasteiger partial charge on any atom is 0.228 e. The van der Waals surface area contributed by atoms with E-state index in [4.69, 9.17) is 5.73 Å². The van der Waals surface area contributed by atoms with Crippen molar-refractivity contribution >= 4 is 24.2 Å². The Hall–Kier alpha value is -1.59. The third kappa shape index (κ3) is 3.90. The SMILES string of the molecule is CC1(CN)CCN(C(=O)C2CC(=O)N(Cc3ccccc3)C2)C1.Cl. The van der Waals surface area contributed by atoms with E-state index >= 15 is 0 Å². The van der Waals surface area contributed by atoms with Crippen LogP contribution >= 0.6 is 12.4 Å². The average Bonchev–Trinajstić information content (AvgIpc) is 3.12. The fraction of sp³-hybridized carbons (Fsp3) is 0.556. The van der Waals surface area contributed by atoms with E-state index < -0.39 is 0 Å². The van der Waals surface area contributed by atoms with E-state index in [-0.39, 0.29) is 35.6 Å². The molecule has 2 N–H and O–H groups in total. The van der Waals surface area contributed by atoms with Gasteiger partial charge in [-0.2, -0.15) is 0 Å². The summed E-state index contributed by atoms with van der Waals surface area (Å²) in [6.45, 7) is 5.32. The molecule has 1 aromatic carbocycles. The predicted octanol–water partition coefficient (Wildman–Crippen LogP) is 1.65. The normalized spacial score (nSPS) is 26.6. The third-order valence-corrected chi connectivity index (χ3v) is 5.14. The largest absolute Gasteiger partial charge is 0.342 e. The molecule has 0 aromatic heterocycles. The fourth-order valence-corrected chi connectivity index (χ4v) is 3.53. The van der Waals surface area contributed by atoms with Gasteiger partial charge in [-0.25, -0.2) is 0 Å². The van der Waals surface area contributed by atoms with Crippen LogP contribution in [-0.2, 0) is 16.1 Å². The van der Waals surface area contributed by atoms with Crippen molar-refractivity contribution in [3.63, 3.8) is 0 Å². The van der Waals surface area contributed by atoms with Crippen LogP contribution in [-0.4, -0.2) is 47.8 Å². The third-order valence-electron chi connectivity index (χ3n) is 5.14. The molecule has 0 saturated carbocycles. The number of nitrogens with two attached hydrogens (primary N) is 1. The van der Waals surface area contributed by atoms with Gasteiger partial charge in [0.2, 0.25) is 11.8 Å². The number of amides is 2. The standard InChI is InChI=1S/C18H25N3O2.ClH/c1-18(12-19)7-8-20(13-18)17(23)15-9-16(22)21(11-15)10-14-5-3-2-4-6-14;/h2-6,15H,7-13,19H2,1H3;1H. The highest BCUT2D eigenvalue weighted by atomic mass is 35.5. The summed E-state index contributed by atoms with van der Waals surface area (Å²) in [5.74, 6) is -0.00888. The molecule has 0 radical (unpaired) electrons. The van der Waals surface area contributed by atoms with Gasteiger partial charge in [-0.1, -0.05) is 37.3 Å². The van der Waals surface area contributed by atoms with Crippen LogP contribution in [0.1, 0.15) is 25.3 Å². The number of carbonyl (C=O) groups excluding carboxylic acids is 2. The molecule has 2 atom stereocenters. The Bertz CT molecular complexity index is 595. The van der Waals surface area contributed by atoms with Crippen molar-refractivity contribution in [3.05, 3.63) is 35.9 Å². The molecule has 2 saturated heterocycles. The molecule has 0 bridgehead atoms. The quantitative estimate of drug-likeness (QED) is 0.897. The van der Waals surface area contributed by atoms with E-state index in [1.54, 1.807) is 4.90 Å². The van der Waals surface area contributed by atoms with Crippen molar-refractivity contribution < 1.29 is 9.59 Å². The van der Waals surface area contributed by atoms with E-state index in [2.05, 4.69) is 6.92 Å². The average molecular weight is 352 g/mol. The van der Waals surface area contributed by atoms with E-state index in [1.165, 1.54) is 0 Å². The van der Waals surface area contributed by atoms with Crippen LogP contribution in [0.3, 0.4) is 0 Å². The molecule has 24 heavy (non-hydrogen) atoms. The molecule has 2 heterocycles. The van der Waals surface area contributed by atoms with Gasteiger partial charge in [0.1, 0.15) is 0 Å². The molecular formula is C18H26ClN3O2. The monoisotopic (exact) mass is 351 g/mol. The zero-order valence-corrected chi connectivity index (χ0v) is 14.9. The first kappa shape index (κ1) is 18.7.